The van der Waals surface area contributed by atoms with Crippen LogP contribution in [-0.4, -0.2) is 63.3 Å². The molecule has 2 aliphatic heterocycles. The van der Waals surface area contributed by atoms with Crippen molar-refractivity contribution in [2.75, 3.05) is 46.4 Å². The molecule has 2 heterocycles. The van der Waals surface area contributed by atoms with Gasteiger partial charge in [0.15, 0.2) is 0 Å². The van der Waals surface area contributed by atoms with Gasteiger partial charge in [-0.15, -0.1) is 0 Å². The van der Waals surface area contributed by atoms with Gasteiger partial charge in [0.05, 0.1) is 12.0 Å². The van der Waals surface area contributed by atoms with Gasteiger partial charge < -0.3 is 20.3 Å². The molecule has 21 heavy (non-hydrogen) atoms. The lowest BCUT2D eigenvalue weighted by atomic mass is 9.78. The highest BCUT2D eigenvalue weighted by atomic mass is 16.5. The predicted octanol–water partition coefficient (Wildman–Crippen LogP) is 0.603. The average Bonchev–Trinajstić information content (AvgIpc) is 3.25. The van der Waals surface area contributed by atoms with Crippen molar-refractivity contribution in [1.29, 1.82) is 0 Å². The summed E-state index contributed by atoms with van der Waals surface area (Å²) in [6, 6.07) is 0.856. The summed E-state index contributed by atoms with van der Waals surface area (Å²) in [5, 5.41) is 6.56. The van der Waals surface area contributed by atoms with Gasteiger partial charge in [-0.25, -0.2) is 0 Å². The number of methoxy groups -OCH3 is 1. The first-order chi connectivity index (χ1) is 10.2. The third kappa shape index (κ3) is 3.58. The molecular formula is C16H29N3O2. The van der Waals surface area contributed by atoms with Crippen molar-refractivity contribution >= 4 is 5.91 Å². The summed E-state index contributed by atoms with van der Waals surface area (Å²) in [6.45, 7) is 5.59. The van der Waals surface area contributed by atoms with E-state index in [2.05, 4.69) is 15.5 Å². The minimum Gasteiger partial charge on any atom is -0.384 e. The summed E-state index contributed by atoms with van der Waals surface area (Å²) in [5.74, 6) is 0.839. The van der Waals surface area contributed by atoms with E-state index >= 15 is 0 Å². The summed E-state index contributed by atoms with van der Waals surface area (Å²) >= 11 is 0. The maximum absolute atomic E-state index is 12.7. The highest BCUT2D eigenvalue weighted by Gasteiger charge is 2.40. The van der Waals surface area contributed by atoms with E-state index in [1.165, 1.54) is 32.4 Å². The number of piperidine rings is 1. The topological polar surface area (TPSA) is 53.6 Å². The van der Waals surface area contributed by atoms with Crippen LogP contribution in [0.15, 0.2) is 0 Å². The molecule has 0 aromatic heterocycles. The van der Waals surface area contributed by atoms with Crippen LogP contribution in [-0.2, 0) is 9.53 Å². The molecule has 120 valence electrons. The van der Waals surface area contributed by atoms with Crippen molar-refractivity contribution in [1.82, 2.24) is 15.5 Å². The molecular weight excluding hydrogens is 266 g/mol. The van der Waals surface area contributed by atoms with Crippen LogP contribution in [0.5, 0.6) is 0 Å². The number of nitrogens with zero attached hydrogens (tertiary/aromatic N) is 1. The zero-order valence-corrected chi connectivity index (χ0v) is 13.2. The number of hydrogen-bond donors (Lipinski definition) is 2. The molecule has 3 aliphatic rings. The first kappa shape index (κ1) is 15.3. The Hall–Kier alpha value is -0.650. The predicted molar refractivity (Wildman–Crippen MR) is 82.1 cm³/mol. The number of hydrogen-bond acceptors (Lipinski definition) is 4. The monoisotopic (exact) mass is 295 g/mol. The molecule has 2 N–H and O–H groups in total. The van der Waals surface area contributed by atoms with Crippen LogP contribution in [0, 0.1) is 11.3 Å². The molecule has 2 saturated heterocycles. The van der Waals surface area contributed by atoms with E-state index in [0.29, 0.717) is 12.5 Å². The lowest BCUT2D eigenvalue weighted by Gasteiger charge is -2.35. The number of carbonyl (C=O) groups excluding carboxylic acids is 1. The van der Waals surface area contributed by atoms with Crippen LogP contribution < -0.4 is 10.6 Å². The number of nitrogens with one attached hydrogen (secondary N) is 2. The zero-order valence-electron chi connectivity index (χ0n) is 13.2. The zero-order chi connectivity index (χ0) is 14.7. The Balaban J connectivity index is 1.47. The van der Waals surface area contributed by atoms with E-state index in [1.807, 2.05) is 0 Å². The fourth-order valence-corrected chi connectivity index (χ4v) is 3.84. The first-order valence-electron chi connectivity index (χ1n) is 8.45. The lowest BCUT2D eigenvalue weighted by molar-refractivity contribution is -0.136. The summed E-state index contributed by atoms with van der Waals surface area (Å²) in [7, 11) is 1.70. The second-order valence-corrected chi connectivity index (χ2v) is 7.05. The van der Waals surface area contributed by atoms with E-state index in [-0.39, 0.29) is 11.3 Å². The quantitative estimate of drug-likeness (QED) is 0.754. The van der Waals surface area contributed by atoms with Gasteiger partial charge in [0.2, 0.25) is 5.91 Å². The SMILES string of the molecule is COCC1(C(=O)NCC2CCN(C3CC3)C2)CCNCC1. The van der Waals surface area contributed by atoms with E-state index in [0.717, 1.165) is 38.5 Å². The van der Waals surface area contributed by atoms with Crippen molar-refractivity contribution in [2.45, 2.75) is 38.1 Å². The largest absolute Gasteiger partial charge is 0.384 e. The Bertz CT molecular complexity index is 359. The van der Waals surface area contributed by atoms with Crippen LogP contribution in [0.4, 0.5) is 0 Å². The van der Waals surface area contributed by atoms with Gasteiger partial charge in [0.25, 0.3) is 0 Å². The minimum atomic E-state index is -0.311. The average molecular weight is 295 g/mol. The smallest absolute Gasteiger partial charge is 0.228 e. The van der Waals surface area contributed by atoms with Gasteiger partial charge in [-0.3, -0.25) is 4.79 Å². The normalized spacial score (nSPS) is 29.5. The molecule has 5 heteroatoms. The Labute approximate surface area is 127 Å². The minimum absolute atomic E-state index is 0.204. The molecule has 1 aliphatic carbocycles. The summed E-state index contributed by atoms with van der Waals surface area (Å²) in [6.07, 6.45) is 5.75. The number of amides is 1. The first-order valence-corrected chi connectivity index (χ1v) is 8.45. The van der Waals surface area contributed by atoms with Gasteiger partial charge in [0, 0.05) is 26.2 Å². The van der Waals surface area contributed by atoms with Gasteiger partial charge in [-0.05, 0) is 57.7 Å². The molecule has 0 aromatic carbocycles. The number of carbonyl (C=O) groups is 1. The molecule has 1 atom stereocenters. The molecule has 1 unspecified atom stereocenters. The molecule has 0 spiro atoms. The Morgan fingerprint density at radius 2 is 2.10 bits per heavy atom. The molecule has 0 aromatic rings. The Kier molecular flexibility index (Phi) is 4.82. The van der Waals surface area contributed by atoms with Crippen molar-refractivity contribution < 1.29 is 9.53 Å². The number of ether oxygens (including phenoxy) is 1. The highest BCUT2D eigenvalue weighted by Crippen LogP contribution is 2.32. The van der Waals surface area contributed by atoms with E-state index in [4.69, 9.17) is 4.74 Å². The maximum Gasteiger partial charge on any atom is 0.228 e. The van der Waals surface area contributed by atoms with E-state index in [1.54, 1.807) is 7.11 Å². The summed E-state index contributed by atoms with van der Waals surface area (Å²) in [5.41, 5.74) is -0.311. The second-order valence-electron chi connectivity index (χ2n) is 7.05. The van der Waals surface area contributed by atoms with Crippen LogP contribution in [0.2, 0.25) is 0 Å². The van der Waals surface area contributed by atoms with Crippen LogP contribution >= 0.6 is 0 Å². The third-order valence-electron chi connectivity index (χ3n) is 5.39. The molecule has 3 rings (SSSR count). The molecule has 0 radical (unpaired) electrons. The van der Waals surface area contributed by atoms with Gasteiger partial charge in [0.1, 0.15) is 0 Å². The number of rotatable bonds is 6. The third-order valence-corrected chi connectivity index (χ3v) is 5.39. The van der Waals surface area contributed by atoms with Crippen molar-refractivity contribution in [2.24, 2.45) is 11.3 Å². The fraction of sp³-hybridized carbons (Fsp3) is 0.938. The number of likely N-dealkylation sites (tertiary alicyclic amines) is 1. The maximum atomic E-state index is 12.7. The van der Waals surface area contributed by atoms with Gasteiger partial charge in [-0.2, -0.15) is 0 Å². The van der Waals surface area contributed by atoms with Crippen molar-refractivity contribution in [3.63, 3.8) is 0 Å². The standard InChI is InChI=1S/C16H29N3O2/c1-21-12-16(5-7-17-8-6-16)15(20)18-10-13-4-9-19(11-13)14-2-3-14/h13-14,17H,2-12H2,1H3,(H,18,20). The van der Waals surface area contributed by atoms with Crippen molar-refractivity contribution in [3.8, 4) is 0 Å². The van der Waals surface area contributed by atoms with E-state index < -0.39 is 0 Å². The molecule has 0 bridgehead atoms. The molecule has 1 saturated carbocycles. The Morgan fingerprint density at radius 3 is 2.76 bits per heavy atom. The summed E-state index contributed by atoms with van der Waals surface area (Å²) in [4.78, 5) is 15.3. The second kappa shape index (κ2) is 6.63. The van der Waals surface area contributed by atoms with Crippen LogP contribution in [0.25, 0.3) is 0 Å². The molecule has 1 amide bonds. The van der Waals surface area contributed by atoms with E-state index in [9.17, 15) is 4.79 Å². The van der Waals surface area contributed by atoms with Crippen LogP contribution in [0.1, 0.15) is 32.1 Å². The highest BCUT2D eigenvalue weighted by molar-refractivity contribution is 5.83. The van der Waals surface area contributed by atoms with Crippen molar-refractivity contribution in [3.05, 3.63) is 0 Å². The lowest BCUT2D eigenvalue weighted by Crippen LogP contribution is -2.51. The van der Waals surface area contributed by atoms with Gasteiger partial charge >= 0.3 is 0 Å². The van der Waals surface area contributed by atoms with Gasteiger partial charge in [-0.1, -0.05) is 0 Å². The summed E-state index contributed by atoms with van der Waals surface area (Å²) < 4.78 is 5.34. The van der Waals surface area contributed by atoms with Crippen LogP contribution in [0.3, 0.4) is 0 Å². The molecule has 3 fully saturated rings. The fourth-order valence-electron chi connectivity index (χ4n) is 3.84. The Morgan fingerprint density at radius 1 is 1.33 bits per heavy atom. The molecule has 5 nitrogen and oxygen atoms in total.